The van der Waals surface area contributed by atoms with Crippen molar-refractivity contribution in [3.8, 4) is 22.2 Å². The Morgan fingerprint density at radius 2 is 1.91 bits per heavy atom. The molecule has 0 saturated heterocycles. The van der Waals surface area contributed by atoms with Crippen LogP contribution >= 0.6 is 11.3 Å². The summed E-state index contributed by atoms with van der Waals surface area (Å²) in [4.78, 5) is 30.9. The Morgan fingerprint density at radius 1 is 1.15 bits per heavy atom. The van der Waals surface area contributed by atoms with Gasteiger partial charge in [-0.3, -0.25) is 4.79 Å². The van der Waals surface area contributed by atoms with Crippen molar-refractivity contribution in [2.75, 3.05) is 19.5 Å². The first-order valence-corrected chi connectivity index (χ1v) is 11.6. The number of nitrogens with one attached hydrogen (secondary N) is 1. The minimum atomic E-state index is -0.661. The molecule has 0 atom stereocenters. The van der Waals surface area contributed by atoms with E-state index in [-0.39, 0.29) is 29.9 Å². The van der Waals surface area contributed by atoms with Crippen molar-refractivity contribution in [2.45, 2.75) is 38.7 Å². The van der Waals surface area contributed by atoms with Crippen LogP contribution in [-0.2, 0) is 16.1 Å². The molecule has 0 spiro atoms. The molecule has 0 unspecified atom stereocenters. The molecule has 9 nitrogen and oxygen atoms in total. The molecule has 1 aromatic carbocycles. The second-order valence-corrected chi connectivity index (χ2v) is 8.59. The lowest BCUT2D eigenvalue weighted by Crippen LogP contribution is -2.26. The molecule has 3 aromatic rings. The number of carbonyl (C=O) groups is 2. The highest BCUT2D eigenvalue weighted by atomic mass is 32.1. The van der Waals surface area contributed by atoms with Crippen LogP contribution in [-0.4, -0.2) is 36.2 Å². The Bertz CT molecular complexity index is 1110. The van der Waals surface area contributed by atoms with Crippen molar-refractivity contribution < 1.29 is 28.3 Å². The number of rotatable bonds is 8. The molecule has 0 radical (unpaired) electrons. The number of hydrogen-bond acceptors (Lipinski definition) is 9. The Labute approximate surface area is 195 Å². The van der Waals surface area contributed by atoms with Crippen LogP contribution in [0.25, 0.3) is 10.7 Å². The van der Waals surface area contributed by atoms with Gasteiger partial charge in [-0.05, 0) is 24.3 Å². The molecule has 4 rings (SSSR count). The molecular formula is C23H25N3O6S. The summed E-state index contributed by atoms with van der Waals surface area (Å²) >= 11 is 1.48. The summed E-state index contributed by atoms with van der Waals surface area (Å²) in [5, 5.41) is 8.70. The van der Waals surface area contributed by atoms with Crippen molar-refractivity contribution >= 4 is 28.9 Å². The molecule has 0 aliphatic heterocycles. The summed E-state index contributed by atoms with van der Waals surface area (Å²) in [6.45, 7) is -0.207. The summed E-state index contributed by atoms with van der Waals surface area (Å²) in [5.41, 5.74) is 0.452. The molecule has 33 heavy (non-hydrogen) atoms. The van der Waals surface area contributed by atoms with Crippen LogP contribution in [0.2, 0.25) is 0 Å². The molecule has 2 heterocycles. The van der Waals surface area contributed by atoms with Crippen molar-refractivity contribution in [1.29, 1.82) is 0 Å². The number of methoxy groups -OCH3 is 2. The van der Waals surface area contributed by atoms with Crippen LogP contribution < -0.4 is 14.8 Å². The number of hydrogen-bond donors (Lipinski definition) is 1. The highest BCUT2D eigenvalue weighted by Crippen LogP contribution is 2.35. The zero-order valence-corrected chi connectivity index (χ0v) is 19.3. The van der Waals surface area contributed by atoms with Crippen molar-refractivity contribution in [1.82, 2.24) is 10.1 Å². The van der Waals surface area contributed by atoms with E-state index in [0.29, 0.717) is 23.0 Å². The van der Waals surface area contributed by atoms with Gasteiger partial charge in [-0.15, -0.1) is 11.3 Å². The highest BCUT2D eigenvalue weighted by molar-refractivity contribution is 7.13. The normalized spacial score (nSPS) is 14.0. The predicted octanol–water partition coefficient (Wildman–Crippen LogP) is 4.69. The third-order valence-corrected chi connectivity index (χ3v) is 6.38. The first-order chi connectivity index (χ1) is 16.1. The summed E-state index contributed by atoms with van der Waals surface area (Å²) in [6, 6.07) is 6.81. The van der Waals surface area contributed by atoms with E-state index in [1.54, 1.807) is 6.07 Å². The van der Waals surface area contributed by atoms with Crippen LogP contribution in [0.3, 0.4) is 0 Å². The van der Waals surface area contributed by atoms with Gasteiger partial charge in [0, 0.05) is 18.1 Å². The van der Waals surface area contributed by atoms with Gasteiger partial charge >= 0.3 is 5.97 Å². The lowest BCUT2D eigenvalue weighted by atomic mass is 9.88. The third kappa shape index (κ3) is 5.33. The van der Waals surface area contributed by atoms with Crippen LogP contribution in [0.4, 0.5) is 5.69 Å². The van der Waals surface area contributed by atoms with Crippen LogP contribution in [0.5, 0.6) is 11.5 Å². The van der Waals surface area contributed by atoms with Crippen LogP contribution in [0.15, 0.2) is 34.2 Å². The number of thiophene rings is 1. The van der Waals surface area contributed by atoms with Gasteiger partial charge in [-0.25, -0.2) is 4.79 Å². The molecule has 1 fully saturated rings. The topological polar surface area (TPSA) is 113 Å². The molecule has 1 saturated carbocycles. The second kappa shape index (κ2) is 10.5. The van der Waals surface area contributed by atoms with E-state index in [4.69, 9.17) is 18.7 Å². The number of aromatic nitrogens is 2. The number of ether oxygens (including phenoxy) is 3. The van der Waals surface area contributed by atoms with Crippen LogP contribution in [0, 0.1) is 5.92 Å². The smallest absolute Gasteiger partial charge is 0.340 e. The van der Waals surface area contributed by atoms with Crippen molar-refractivity contribution in [2.24, 2.45) is 5.92 Å². The van der Waals surface area contributed by atoms with Gasteiger partial charge in [0.05, 0.1) is 30.3 Å². The summed E-state index contributed by atoms with van der Waals surface area (Å²) in [7, 11) is 2.96. The summed E-state index contributed by atoms with van der Waals surface area (Å²) in [5.74, 6) is 0.481. The van der Waals surface area contributed by atoms with E-state index >= 15 is 0 Å². The minimum absolute atomic E-state index is 0.0789. The molecule has 1 N–H and O–H groups in total. The van der Waals surface area contributed by atoms with Crippen molar-refractivity contribution in [3.05, 3.63) is 41.1 Å². The minimum Gasteiger partial charge on any atom is -0.493 e. The van der Waals surface area contributed by atoms with Gasteiger partial charge in [0.2, 0.25) is 11.7 Å². The fraction of sp³-hybridized carbons (Fsp3) is 0.391. The Balaban J connectivity index is 1.51. The maximum Gasteiger partial charge on any atom is 0.340 e. The molecule has 2 aromatic heterocycles. The fourth-order valence-electron chi connectivity index (χ4n) is 3.78. The van der Waals surface area contributed by atoms with E-state index in [1.165, 1.54) is 31.6 Å². The Hall–Kier alpha value is -3.40. The van der Waals surface area contributed by atoms with Gasteiger partial charge in [0.15, 0.2) is 18.1 Å². The van der Waals surface area contributed by atoms with E-state index in [1.807, 2.05) is 17.5 Å². The lowest BCUT2D eigenvalue weighted by Gasteiger charge is -2.22. The standard InChI is InChI=1S/C23H25N3O6S/c1-29-17-11-15(16(12-18(17)30-2)24-22(27)14-7-4-3-5-8-14)23(28)31-13-20-25-21(26-32-20)19-9-6-10-33-19/h6,9-12,14H,3-5,7-8,13H2,1-2H3,(H,24,27). The second-order valence-electron chi connectivity index (χ2n) is 7.64. The third-order valence-electron chi connectivity index (χ3n) is 5.51. The maximum absolute atomic E-state index is 12.9. The maximum atomic E-state index is 12.9. The zero-order chi connectivity index (χ0) is 23.2. The molecule has 174 valence electrons. The molecule has 1 aliphatic rings. The number of esters is 1. The van der Waals surface area contributed by atoms with Crippen LogP contribution in [0.1, 0.15) is 48.4 Å². The summed E-state index contributed by atoms with van der Waals surface area (Å²) in [6.07, 6.45) is 4.86. The quantitative estimate of drug-likeness (QED) is 0.471. The fourth-order valence-corrected chi connectivity index (χ4v) is 4.42. The largest absolute Gasteiger partial charge is 0.493 e. The molecule has 1 amide bonds. The first kappa shape index (κ1) is 22.8. The van der Waals surface area contributed by atoms with E-state index < -0.39 is 5.97 Å². The van der Waals surface area contributed by atoms with E-state index in [0.717, 1.165) is 37.0 Å². The number of amides is 1. The number of benzene rings is 1. The van der Waals surface area contributed by atoms with Gasteiger partial charge in [-0.1, -0.05) is 30.5 Å². The average molecular weight is 472 g/mol. The zero-order valence-electron chi connectivity index (χ0n) is 18.5. The molecular weight excluding hydrogens is 446 g/mol. The van der Waals surface area contributed by atoms with Gasteiger partial charge < -0.3 is 24.1 Å². The van der Waals surface area contributed by atoms with E-state index in [2.05, 4.69) is 15.5 Å². The predicted molar refractivity (Wildman–Crippen MR) is 121 cm³/mol. The highest BCUT2D eigenvalue weighted by Gasteiger charge is 2.25. The molecule has 0 bridgehead atoms. The van der Waals surface area contributed by atoms with Crippen molar-refractivity contribution in [3.63, 3.8) is 0 Å². The Kier molecular flexibility index (Phi) is 7.23. The first-order valence-electron chi connectivity index (χ1n) is 10.7. The summed E-state index contributed by atoms with van der Waals surface area (Å²) < 4.78 is 21.3. The molecule has 10 heteroatoms. The SMILES string of the molecule is COc1cc(NC(=O)C2CCCCC2)c(C(=O)OCc2nc(-c3cccs3)no2)cc1OC. The molecule has 1 aliphatic carbocycles. The van der Waals surface area contributed by atoms with Gasteiger partial charge in [0.25, 0.3) is 5.89 Å². The Morgan fingerprint density at radius 3 is 2.61 bits per heavy atom. The van der Waals surface area contributed by atoms with E-state index in [9.17, 15) is 9.59 Å². The monoisotopic (exact) mass is 471 g/mol. The van der Waals surface area contributed by atoms with Gasteiger partial charge in [-0.2, -0.15) is 4.98 Å². The number of anilines is 1. The average Bonchev–Trinajstić information content (AvgIpc) is 3.55. The lowest BCUT2D eigenvalue weighted by molar-refractivity contribution is -0.120. The number of carbonyl (C=O) groups excluding carboxylic acids is 2. The van der Waals surface area contributed by atoms with Gasteiger partial charge in [0.1, 0.15) is 0 Å². The number of nitrogens with zero attached hydrogens (tertiary/aromatic N) is 2.